The molecule has 1 unspecified atom stereocenters. The number of aromatic nitrogens is 2. The van der Waals surface area contributed by atoms with Gasteiger partial charge in [0.2, 0.25) is 11.8 Å². The normalized spacial score (nSPS) is 26.5. The Morgan fingerprint density at radius 3 is 2.38 bits per heavy atom. The Labute approximate surface area is 336 Å². The summed E-state index contributed by atoms with van der Waals surface area (Å²) in [4.78, 5) is 83.7. The van der Waals surface area contributed by atoms with Crippen LogP contribution < -0.4 is 15.5 Å². The second-order valence-corrected chi connectivity index (χ2v) is 17.0. The van der Waals surface area contributed by atoms with Crippen LogP contribution in [0.4, 0.5) is 16.3 Å². The lowest BCUT2D eigenvalue weighted by molar-refractivity contribution is -0.136. The summed E-state index contributed by atoms with van der Waals surface area (Å²) in [6, 6.07) is 14.4. The summed E-state index contributed by atoms with van der Waals surface area (Å²) in [5.74, 6) is -0.593. The molecule has 5 fully saturated rings. The van der Waals surface area contributed by atoms with Gasteiger partial charge in [0, 0.05) is 67.6 Å². The second kappa shape index (κ2) is 15.6. The highest BCUT2D eigenvalue weighted by Crippen LogP contribution is 2.37. The molecule has 1 saturated carbocycles. The first-order chi connectivity index (χ1) is 28.1. The van der Waals surface area contributed by atoms with E-state index in [1.165, 1.54) is 5.56 Å². The zero-order chi connectivity index (χ0) is 40.1. The van der Waals surface area contributed by atoms with Gasteiger partial charge < -0.3 is 24.8 Å². The van der Waals surface area contributed by atoms with E-state index >= 15 is 0 Å². The lowest BCUT2D eigenvalue weighted by Crippen LogP contribution is -2.54. The van der Waals surface area contributed by atoms with Crippen molar-refractivity contribution >= 4 is 47.1 Å². The molecular weight excluding hydrogens is 741 g/mol. The molecule has 3 N–H and O–H groups in total. The summed E-state index contributed by atoms with van der Waals surface area (Å²) in [6.45, 7) is 7.51. The molecule has 3 aromatic rings. The van der Waals surface area contributed by atoms with E-state index in [1.54, 1.807) is 17.0 Å². The number of piperidine rings is 2. The molecule has 58 heavy (non-hydrogen) atoms. The number of nitrogens with zero attached hydrogens (tertiary/aromatic N) is 5. The van der Waals surface area contributed by atoms with Crippen molar-refractivity contribution in [1.82, 2.24) is 30.2 Å². The lowest BCUT2D eigenvalue weighted by Gasteiger charge is -2.38. The van der Waals surface area contributed by atoms with Crippen molar-refractivity contribution in [3.63, 3.8) is 0 Å². The second-order valence-electron chi connectivity index (χ2n) is 17.0. The molecule has 0 bridgehead atoms. The van der Waals surface area contributed by atoms with E-state index in [4.69, 9.17) is 4.74 Å². The number of hydrogen-bond donors (Lipinski definition) is 3. The number of fused-ring (bicyclic) bond motifs is 1. The van der Waals surface area contributed by atoms with Crippen LogP contribution in [0.25, 0.3) is 0 Å². The highest BCUT2D eigenvalue weighted by atomic mass is 16.6. The molecule has 5 atom stereocenters. The highest BCUT2D eigenvalue weighted by molar-refractivity contribution is 6.23. The van der Waals surface area contributed by atoms with E-state index in [0.717, 1.165) is 100 Å². The van der Waals surface area contributed by atoms with E-state index in [2.05, 4.69) is 42.8 Å². The largest absolute Gasteiger partial charge is 0.446 e. The van der Waals surface area contributed by atoms with Crippen LogP contribution in [-0.2, 0) is 14.3 Å². The molecule has 15 heteroatoms. The number of hydrogen-bond acceptors (Lipinski definition) is 10. The molecule has 4 saturated heterocycles. The van der Waals surface area contributed by atoms with Crippen molar-refractivity contribution in [2.24, 2.45) is 5.92 Å². The van der Waals surface area contributed by atoms with Crippen LogP contribution in [-0.4, -0.2) is 118 Å². The fourth-order valence-corrected chi connectivity index (χ4v) is 9.72. The van der Waals surface area contributed by atoms with Crippen LogP contribution >= 0.6 is 0 Å². The minimum absolute atomic E-state index is 0.0919. The topological polar surface area (TPSA) is 177 Å². The first-order valence-electron chi connectivity index (χ1n) is 20.8. The zero-order valence-electron chi connectivity index (χ0n) is 32.8. The number of ether oxygens (including phenoxy) is 1. The van der Waals surface area contributed by atoms with E-state index in [1.807, 2.05) is 31.2 Å². The molecule has 5 aliphatic heterocycles. The van der Waals surface area contributed by atoms with Gasteiger partial charge in [0.1, 0.15) is 12.1 Å². The van der Waals surface area contributed by atoms with Crippen LogP contribution in [0.2, 0.25) is 0 Å². The van der Waals surface area contributed by atoms with Crippen LogP contribution in [0.1, 0.15) is 119 Å². The first-order valence-corrected chi connectivity index (χ1v) is 20.8. The number of imide groups is 2. The number of rotatable bonds is 9. The quantitative estimate of drug-likeness (QED) is 0.259. The number of anilines is 2. The fourth-order valence-electron chi connectivity index (χ4n) is 9.72. The summed E-state index contributed by atoms with van der Waals surface area (Å²) in [6.07, 6.45) is 6.50. The number of H-pyrrole nitrogens is 1. The summed E-state index contributed by atoms with van der Waals surface area (Å²) in [5.41, 5.74) is 4.27. The minimum Gasteiger partial charge on any atom is -0.446 e. The number of benzene rings is 2. The number of likely N-dealkylation sites (tertiary alicyclic amines) is 2. The van der Waals surface area contributed by atoms with Crippen LogP contribution in [0.3, 0.4) is 0 Å². The van der Waals surface area contributed by atoms with Crippen molar-refractivity contribution < 1.29 is 33.5 Å². The zero-order valence-corrected chi connectivity index (χ0v) is 32.8. The molecule has 0 spiro atoms. The molecule has 304 valence electrons. The maximum absolute atomic E-state index is 13.3. The van der Waals surface area contributed by atoms with Crippen molar-refractivity contribution in [2.45, 2.75) is 94.7 Å². The molecular formula is C43H50N8O7. The Morgan fingerprint density at radius 2 is 1.64 bits per heavy atom. The molecule has 6 aliphatic rings. The standard InChI is InChI=1S/C43H50N8O7/c1-25-12-19-50(25)43(57)58-32-8-6-30(20-32)35-22-37(47-46-35)44-39(53)29-4-2-27(3-5-29)28-14-16-48(17-15-28)23-26-13-18-49(24-26)31-7-9-33-34(21-31)42(56)51(41(33)55)36-10-11-38(52)45-40(36)54/h2-5,7,9,21-22,25-26,28,30,32,36H,6,8,10-20,23-24H2,1H3,(H,45,52,54)(H2,44,46,47,53)/t25-,26+,30+,32-,36?/m1/s1. The molecule has 2 aromatic carbocycles. The van der Waals surface area contributed by atoms with Crippen LogP contribution in [0.15, 0.2) is 48.5 Å². The van der Waals surface area contributed by atoms with E-state index in [-0.39, 0.29) is 42.9 Å². The molecule has 6 amide bonds. The van der Waals surface area contributed by atoms with Gasteiger partial charge in [-0.25, -0.2) is 4.79 Å². The van der Waals surface area contributed by atoms with E-state index in [0.29, 0.717) is 34.3 Å². The van der Waals surface area contributed by atoms with Gasteiger partial charge in [-0.3, -0.25) is 39.3 Å². The summed E-state index contributed by atoms with van der Waals surface area (Å²) < 4.78 is 5.75. The van der Waals surface area contributed by atoms with Gasteiger partial charge in [-0.1, -0.05) is 12.1 Å². The van der Waals surface area contributed by atoms with Crippen molar-refractivity contribution in [3.8, 4) is 0 Å². The maximum atomic E-state index is 13.3. The van der Waals surface area contributed by atoms with Crippen molar-refractivity contribution in [2.75, 3.05) is 49.5 Å². The van der Waals surface area contributed by atoms with E-state index < -0.39 is 29.7 Å². The number of carbonyl (C=O) groups excluding carboxylic acids is 6. The number of nitrogens with one attached hydrogen (secondary N) is 3. The Morgan fingerprint density at radius 1 is 0.845 bits per heavy atom. The third-order valence-electron chi connectivity index (χ3n) is 13.3. The molecule has 1 aromatic heterocycles. The Balaban J connectivity index is 0.718. The number of amides is 6. The molecule has 6 heterocycles. The Kier molecular flexibility index (Phi) is 10.2. The number of aromatic amines is 1. The monoisotopic (exact) mass is 790 g/mol. The van der Waals surface area contributed by atoms with Crippen molar-refractivity contribution in [1.29, 1.82) is 0 Å². The highest BCUT2D eigenvalue weighted by Gasteiger charge is 2.45. The number of carbonyl (C=O) groups is 6. The molecule has 9 rings (SSSR count). The maximum Gasteiger partial charge on any atom is 0.410 e. The van der Waals surface area contributed by atoms with Gasteiger partial charge >= 0.3 is 6.09 Å². The smallest absolute Gasteiger partial charge is 0.410 e. The predicted octanol–water partition coefficient (Wildman–Crippen LogP) is 4.64. The summed E-state index contributed by atoms with van der Waals surface area (Å²) in [7, 11) is 0. The molecule has 1 aliphatic carbocycles. The Hall–Kier alpha value is -5.57. The Bertz CT molecular complexity index is 2130. The fraction of sp³-hybridized carbons (Fsp3) is 0.512. The van der Waals surface area contributed by atoms with Gasteiger partial charge in [-0.2, -0.15) is 5.10 Å². The SMILES string of the molecule is C[C@@H]1CCN1C(=O)O[C@@H]1CC[C@H](c2cc(NC(=O)c3ccc(C4CCN(C[C@@H]5CCN(c6ccc7c(c6)C(=O)N(C6CCC(=O)NC6=O)C7=O)C5)CC4)cc3)n[nH]2)C1. The van der Waals surface area contributed by atoms with Crippen molar-refractivity contribution in [3.05, 3.63) is 76.5 Å². The third-order valence-corrected chi connectivity index (χ3v) is 13.3. The van der Waals surface area contributed by atoms with Gasteiger partial charge in [0.25, 0.3) is 17.7 Å². The minimum atomic E-state index is -0.973. The van der Waals surface area contributed by atoms with Gasteiger partial charge in [-0.05, 0) is 119 Å². The third kappa shape index (κ3) is 7.47. The van der Waals surface area contributed by atoms with Crippen LogP contribution in [0.5, 0.6) is 0 Å². The average Bonchev–Trinajstić information content (AvgIpc) is 4.03. The summed E-state index contributed by atoms with van der Waals surface area (Å²) >= 11 is 0. The van der Waals surface area contributed by atoms with Gasteiger partial charge in [0.05, 0.1) is 11.1 Å². The predicted molar refractivity (Wildman–Crippen MR) is 212 cm³/mol. The molecule has 15 nitrogen and oxygen atoms in total. The lowest BCUT2D eigenvalue weighted by atomic mass is 9.88. The van der Waals surface area contributed by atoms with Crippen LogP contribution in [0, 0.1) is 5.92 Å². The molecule has 0 radical (unpaired) electrons. The first kappa shape index (κ1) is 38.0. The summed E-state index contributed by atoms with van der Waals surface area (Å²) in [5, 5.41) is 12.6. The van der Waals surface area contributed by atoms with E-state index in [9.17, 15) is 28.8 Å². The van der Waals surface area contributed by atoms with Gasteiger partial charge in [0.15, 0.2) is 5.82 Å². The average molecular weight is 791 g/mol. The van der Waals surface area contributed by atoms with Gasteiger partial charge in [-0.15, -0.1) is 0 Å².